The molecule has 0 fully saturated rings. The van der Waals surface area contributed by atoms with Crippen molar-refractivity contribution in [2.45, 2.75) is 6.92 Å². The van der Waals surface area contributed by atoms with Crippen molar-refractivity contribution in [3.8, 4) is 6.07 Å². The van der Waals surface area contributed by atoms with E-state index in [1.54, 1.807) is 24.3 Å². The third-order valence-electron chi connectivity index (χ3n) is 2.49. The number of benzene rings is 2. The van der Waals surface area contributed by atoms with E-state index in [1.807, 2.05) is 13.0 Å². The number of anilines is 2. The van der Waals surface area contributed by atoms with Crippen LogP contribution in [0.5, 0.6) is 0 Å². The van der Waals surface area contributed by atoms with Gasteiger partial charge < -0.3 is 5.32 Å². The van der Waals surface area contributed by atoms with Gasteiger partial charge in [-0.25, -0.2) is 4.39 Å². The van der Waals surface area contributed by atoms with Crippen LogP contribution in [0.3, 0.4) is 0 Å². The predicted molar refractivity (Wildman–Crippen MR) is 70.6 cm³/mol. The van der Waals surface area contributed by atoms with Gasteiger partial charge in [0.25, 0.3) is 0 Å². The van der Waals surface area contributed by atoms with Gasteiger partial charge in [-0.05, 0) is 42.8 Å². The van der Waals surface area contributed by atoms with E-state index >= 15 is 0 Å². The van der Waals surface area contributed by atoms with E-state index in [-0.39, 0.29) is 5.82 Å². The molecule has 0 amide bonds. The first-order valence-corrected chi connectivity index (χ1v) is 5.71. The number of hydrogen-bond acceptors (Lipinski definition) is 2. The van der Waals surface area contributed by atoms with E-state index < -0.39 is 0 Å². The summed E-state index contributed by atoms with van der Waals surface area (Å²) in [6, 6.07) is 11.6. The molecule has 18 heavy (non-hydrogen) atoms. The highest BCUT2D eigenvalue weighted by Crippen LogP contribution is 2.25. The summed E-state index contributed by atoms with van der Waals surface area (Å²) in [6.07, 6.45) is 0. The Morgan fingerprint density at radius 3 is 2.67 bits per heavy atom. The SMILES string of the molecule is Cc1ccc(F)c(Nc2ccc(Cl)cc2C#N)c1. The quantitative estimate of drug-likeness (QED) is 0.869. The molecular formula is C14H10ClFN2. The Morgan fingerprint density at radius 2 is 1.94 bits per heavy atom. The molecule has 0 saturated heterocycles. The smallest absolute Gasteiger partial charge is 0.146 e. The largest absolute Gasteiger partial charge is 0.352 e. The van der Waals surface area contributed by atoms with E-state index in [0.717, 1.165) is 5.56 Å². The molecule has 4 heteroatoms. The van der Waals surface area contributed by atoms with Gasteiger partial charge in [0.2, 0.25) is 0 Å². The molecule has 0 heterocycles. The second-order valence-corrected chi connectivity index (χ2v) is 4.35. The maximum atomic E-state index is 13.6. The average molecular weight is 261 g/mol. The van der Waals surface area contributed by atoms with Gasteiger partial charge >= 0.3 is 0 Å². The molecule has 0 radical (unpaired) electrons. The zero-order valence-corrected chi connectivity index (χ0v) is 10.4. The lowest BCUT2D eigenvalue weighted by Crippen LogP contribution is -1.96. The van der Waals surface area contributed by atoms with Crippen molar-refractivity contribution in [1.29, 1.82) is 5.26 Å². The normalized spacial score (nSPS) is 9.89. The first-order valence-electron chi connectivity index (χ1n) is 5.33. The van der Waals surface area contributed by atoms with E-state index in [1.165, 1.54) is 12.1 Å². The minimum atomic E-state index is -0.362. The average Bonchev–Trinajstić information content (AvgIpc) is 2.36. The van der Waals surface area contributed by atoms with E-state index in [9.17, 15) is 4.39 Å². The van der Waals surface area contributed by atoms with Crippen molar-refractivity contribution in [2.24, 2.45) is 0 Å². The van der Waals surface area contributed by atoms with Gasteiger partial charge in [0, 0.05) is 5.02 Å². The fourth-order valence-electron chi connectivity index (χ4n) is 1.60. The Labute approximate surface area is 110 Å². The molecule has 0 aliphatic heterocycles. The van der Waals surface area contributed by atoms with Crippen LogP contribution in [0.2, 0.25) is 5.02 Å². The monoisotopic (exact) mass is 260 g/mol. The molecule has 0 aliphatic carbocycles. The van der Waals surface area contributed by atoms with Crippen molar-refractivity contribution in [1.82, 2.24) is 0 Å². The third-order valence-corrected chi connectivity index (χ3v) is 2.73. The van der Waals surface area contributed by atoms with Gasteiger partial charge in [-0.15, -0.1) is 0 Å². The number of aryl methyl sites for hydroxylation is 1. The molecule has 90 valence electrons. The van der Waals surface area contributed by atoms with Crippen LogP contribution in [0.25, 0.3) is 0 Å². The van der Waals surface area contributed by atoms with Gasteiger partial charge in [0.05, 0.1) is 16.9 Å². The lowest BCUT2D eigenvalue weighted by molar-refractivity contribution is 0.631. The summed E-state index contributed by atoms with van der Waals surface area (Å²) in [5, 5.41) is 12.4. The molecule has 0 bridgehead atoms. The van der Waals surface area contributed by atoms with Crippen molar-refractivity contribution >= 4 is 23.0 Å². The topological polar surface area (TPSA) is 35.8 Å². The first kappa shape index (κ1) is 12.4. The molecular weight excluding hydrogens is 251 g/mol. The number of rotatable bonds is 2. The van der Waals surface area contributed by atoms with Crippen LogP contribution in [0, 0.1) is 24.1 Å². The molecule has 0 atom stereocenters. The van der Waals surface area contributed by atoms with Gasteiger partial charge in [0.15, 0.2) is 0 Å². The van der Waals surface area contributed by atoms with E-state index in [0.29, 0.717) is 22.0 Å². The molecule has 2 nitrogen and oxygen atoms in total. The van der Waals surface area contributed by atoms with Crippen LogP contribution in [0.1, 0.15) is 11.1 Å². The summed E-state index contributed by atoms with van der Waals surface area (Å²) in [6.45, 7) is 1.87. The number of halogens is 2. The highest BCUT2D eigenvalue weighted by atomic mass is 35.5. The maximum absolute atomic E-state index is 13.6. The molecule has 0 aliphatic rings. The van der Waals surface area contributed by atoms with Crippen LogP contribution in [0.15, 0.2) is 36.4 Å². The second kappa shape index (κ2) is 5.07. The van der Waals surface area contributed by atoms with Gasteiger partial charge in [0.1, 0.15) is 11.9 Å². The van der Waals surface area contributed by atoms with Crippen molar-refractivity contribution in [2.75, 3.05) is 5.32 Å². The third kappa shape index (κ3) is 2.61. The fourth-order valence-corrected chi connectivity index (χ4v) is 1.77. The Morgan fingerprint density at radius 1 is 1.17 bits per heavy atom. The molecule has 2 aromatic rings. The number of hydrogen-bond donors (Lipinski definition) is 1. The summed E-state index contributed by atoms with van der Waals surface area (Å²) in [7, 11) is 0. The van der Waals surface area contributed by atoms with E-state index in [4.69, 9.17) is 16.9 Å². The second-order valence-electron chi connectivity index (χ2n) is 3.91. The Balaban J connectivity index is 2.40. The van der Waals surface area contributed by atoms with Crippen LogP contribution in [-0.4, -0.2) is 0 Å². The van der Waals surface area contributed by atoms with Crippen molar-refractivity contribution in [3.63, 3.8) is 0 Å². The van der Waals surface area contributed by atoms with Crippen LogP contribution in [-0.2, 0) is 0 Å². The lowest BCUT2D eigenvalue weighted by Gasteiger charge is -2.10. The molecule has 0 unspecified atom stereocenters. The Hall–Kier alpha value is -2.05. The first-order chi connectivity index (χ1) is 8.60. The molecule has 1 N–H and O–H groups in total. The van der Waals surface area contributed by atoms with Gasteiger partial charge in [-0.2, -0.15) is 5.26 Å². The van der Waals surface area contributed by atoms with Crippen LogP contribution < -0.4 is 5.32 Å². The lowest BCUT2D eigenvalue weighted by atomic mass is 10.1. The number of nitrogens with one attached hydrogen (secondary N) is 1. The number of nitriles is 1. The summed E-state index contributed by atoms with van der Waals surface area (Å²) in [5.74, 6) is -0.362. The zero-order chi connectivity index (χ0) is 13.1. The predicted octanol–water partition coefficient (Wildman–Crippen LogP) is 4.40. The summed E-state index contributed by atoms with van der Waals surface area (Å²) >= 11 is 5.80. The fraction of sp³-hybridized carbons (Fsp3) is 0.0714. The summed E-state index contributed by atoms with van der Waals surface area (Å²) < 4.78 is 13.6. The van der Waals surface area contributed by atoms with E-state index in [2.05, 4.69) is 5.32 Å². The molecule has 2 rings (SSSR count). The number of nitrogens with zero attached hydrogens (tertiary/aromatic N) is 1. The minimum absolute atomic E-state index is 0.342. The minimum Gasteiger partial charge on any atom is -0.352 e. The molecule has 0 aromatic heterocycles. The maximum Gasteiger partial charge on any atom is 0.146 e. The molecule has 0 spiro atoms. The van der Waals surface area contributed by atoms with Crippen molar-refractivity contribution in [3.05, 3.63) is 58.4 Å². The summed E-state index contributed by atoms with van der Waals surface area (Å²) in [5.41, 5.74) is 2.19. The van der Waals surface area contributed by atoms with Crippen molar-refractivity contribution < 1.29 is 4.39 Å². The standard InChI is InChI=1S/C14H10ClFN2/c1-9-2-4-12(16)14(6-9)18-13-5-3-11(15)7-10(13)8-17/h2-7,18H,1H3. The summed E-state index contributed by atoms with van der Waals surface area (Å²) in [4.78, 5) is 0. The highest BCUT2D eigenvalue weighted by molar-refractivity contribution is 6.30. The Bertz CT molecular complexity index is 632. The Kier molecular flexibility index (Phi) is 3.50. The van der Waals surface area contributed by atoms with Gasteiger partial charge in [-0.3, -0.25) is 0 Å². The highest BCUT2D eigenvalue weighted by Gasteiger charge is 2.07. The molecule has 2 aromatic carbocycles. The zero-order valence-electron chi connectivity index (χ0n) is 9.67. The van der Waals surface area contributed by atoms with Crippen LogP contribution >= 0.6 is 11.6 Å². The van der Waals surface area contributed by atoms with Crippen LogP contribution in [0.4, 0.5) is 15.8 Å². The molecule has 0 saturated carbocycles. The van der Waals surface area contributed by atoms with Gasteiger partial charge in [-0.1, -0.05) is 17.7 Å².